The Labute approximate surface area is 123 Å². The molecule has 1 heterocycles. The van der Waals surface area contributed by atoms with Gasteiger partial charge in [0.15, 0.2) is 0 Å². The fourth-order valence-corrected chi connectivity index (χ4v) is 2.67. The van der Waals surface area contributed by atoms with E-state index in [1.54, 1.807) is 0 Å². The third-order valence-corrected chi connectivity index (χ3v) is 4.00. The number of hydrogen-bond donors (Lipinski definition) is 1. The molecule has 1 N–H and O–H groups in total. The molecule has 112 valence electrons. The van der Waals surface area contributed by atoms with Gasteiger partial charge in [0.1, 0.15) is 5.75 Å². The lowest BCUT2D eigenvalue weighted by Gasteiger charge is -2.25. The van der Waals surface area contributed by atoms with Crippen LogP contribution in [0.25, 0.3) is 0 Å². The van der Waals surface area contributed by atoms with Crippen molar-refractivity contribution in [3.8, 4) is 5.75 Å². The first-order valence-electron chi connectivity index (χ1n) is 7.92. The molecular weight excluding hydrogens is 246 g/mol. The SMILES string of the molecule is CC(C)CNCC(C)(C)CCc1ccc2c(c1)CCO2. The van der Waals surface area contributed by atoms with Crippen molar-refractivity contribution in [1.82, 2.24) is 5.32 Å². The molecule has 0 atom stereocenters. The number of ether oxygens (including phenoxy) is 1. The highest BCUT2D eigenvalue weighted by atomic mass is 16.5. The number of nitrogens with one attached hydrogen (secondary N) is 1. The van der Waals surface area contributed by atoms with Crippen LogP contribution in [0.1, 0.15) is 45.2 Å². The summed E-state index contributed by atoms with van der Waals surface area (Å²) in [6, 6.07) is 6.70. The largest absolute Gasteiger partial charge is 0.493 e. The predicted octanol–water partition coefficient (Wildman–Crippen LogP) is 3.83. The third-order valence-electron chi connectivity index (χ3n) is 4.00. The molecule has 2 heteroatoms. The van der Waals surface area contributed by atoms with Gasteiger partial charge in [0.2, 0.25) is 0 Å². The molecule has 0 spiro atoms. The first kappa shape index (κ1) is 15.4. The van der Waals surface area contributed by atoms with Gasteiger partial charge in [0.25, 0.3) is 0 Å². The van der Waals surface area contributed by atoms with Crippen LogP contribution in [0, 0.1) is 11.3 Å². The lowest BCUT2D eigenvalue weighted by molar-refractivity contribution is 0.308. The monoisotopic (exact) mass is 275 g/mol. The van der Waals surface area contributed by atoms with Crippen LogP contribution in [0.3, 0.4) is 0 Å². The smallest absolute Gasteiger partial charge is 0.122 e. The maximum Gasteiger partial charge on any atom is 0.122 e. The lowest BCUT2D eigenvalue weighted by atomic mass is 9.86. The fraction of sp³-hybridized carbons (Fsp3) is 0.667. The van der Waals surface area contributed by atoms with Gasteiger partial charge >= 0.3 is 0 Å². The molecule has 2 nitrogen and oxygen atoms in total. The van der Waals surface area contributed by atoms with Crippen molar-refractivity contribution < 1.29 is 4.74 Å². The van der Waals surface area contributed by atoms with Crippen molar-refractivity contribution in [2.24, 2.45) is 11.3 Å². The molecule has 0 fully saturated rings. The molecule has 0 saturated carbocycles. The summed E-state index contributed by atoms with van der Waals surface area (Å²) in [6.07, 6.45) is 3.45. The van der Waals surface area contributed by atoms with E-state index < -0.39 is 0 Å². The van der Waals surface area contributed by atoms with Crippen LogP contribution in [0.5, 0.6) is 5.75 Å². The van der Waals surface area contributed by atoms with E-state index in [4.69, 9.17) is 4.74 Å². The zero-order chi connectivity index (χ0) is 14.6. The standard InChI is InChI=1S/C18H29NO/c1-14(2)12-19-13-18(3,4)9-7-15-5-6-17-16(11-15)8-10-20-17/h5-6,11,14,19H,7-10,12-13H2,1-4H3. The summed E-state index contributed by atoms with van der Waals surface area (Å²) in [5, 5.41) is 3.58. The molecule has 20 heavy (non-hydrogen) atoms. The number of hydrogen-bond acceptors (Lipinski definition) is 2. The minimum atomic E-state index is 0.352. The average molecular weight is 275 g/mol. The third kappa shape index (κ3) is 4.52. The van der Waals surface area contributed by atoms with Crippen LogP contribution in [-0.2, 0) is 12.8 Å². The molecule has 0 radical (unpaired) electrons. The number of rotatable bonds is 7. The summed E-state index contributed by atoms with van der Waals surface area (Å²) in [5.41, 5.74) is 3.19. The molecule has 1 aliphatic rings. The van der Waals surface area contributed by atoms with Gasteiger partial charge in [-0.2, -0.15) is 0 Å². The van der Waals surface area contributed by atoms with Crippen molar-refractivity contribution in [3.63, 3.8) is 0 Å². The van der Waals surface area contributed by atoms with Gasteiger partial charge in [-0.05, 0) is 47.9 Å². The van der Waals surface area contributed by atoms with Crippen molar-refractivity contribution in [1.29, 1.82) is 0 Å². The van der Waals surface area contributed by atoms with Crippen molar-refractivity contribution >= 4 is 0 Å². The highest BCUT2D eigenvalue weighted by Crippen LogP contribution is 2.28. The van der Waals surface area contributed by atoms with Crippen molar-refractivity contribution in [3.05, 3.63) is 29.3 Å². The maximum absolute atomic E-state index is 5.56. The Morgan fingerprint density at radius 3 is 2.85 bits per heavy atom. The quantitative estimate of drug-likeness (QED) is 0.816. The summed E-state index contributed by atoms with van der Waals surface area (Å²) in [4.78, 5) is 0. The Morgan fingerprint density at radius 1 is 1.30 bits per heavy atom. The van der Waals surface area contributed by atoms with E-state index in [2.05, 4.69) is 51.2 Å². The summed E-state index contributed by atoms with van der Waals surface area (Å²) in [5.74, 6) is 1.81. The van der Waals surface area contributed by atoms with Crippen LogP contribution in [0.15, 0.2) is 18.2 Å². The summed E-state index contributed by atoms with van der Waals surface area (Å²) in [6.45, 7) is 12.3. The molecule has 0 amide bonds. The van der Waals surface area contributed by atoms with Gasteiger partial charge in [-0.3, -0.25) is 0 Å². The zero-order valence-electron chi connectivity index (χ0n) is 13.5. The predicted molar refractivity (Wildman–Crippen MR) is 85.5 cm³/mol. The summed E-state index contributed by atoms with van der Waals surface area (Å²) < 4.78 is 5.56. The first-order chi connectivity index (χ1) is 9.46. The fourth-order valence-electron chi connectivity index (χ4n) is 2.67. The topological polar surface area (TPSA) is 21.3 Å². The van der Waals surface area contributed by atoms with Crippen LogP contribution < -0.4 is 10.1 Å². The molecule has 0 saturated heterocycles. The molecule has 2 rings (SSSR count). The highest BCUT2D eigenvalue weighted by molar-refractivity contribution is 5.39. The second-order valence-electron chi connectivity index (χ2n) is 7.23. The second-order valence-corrected chi connectivity index (χ2v) is 7.23. The van der Waals surface area contributed by atoms with Gasteiger partial charge in [0.05, 0.1) is 6.61 Å². The molecule has 0 aliphatic carbocycles. The van der Waals surface area contributed by atoms with Gasteiger partial charge in [-0.1, -0.05) is 39.8 Å². The molecule has 1 aromatic carbocycles. The molecule has 0 aromatic heterocycles. The Morgan fingerprint density at radius 2 is 2.10 bits per heavy atom. The minimum absolute atomic E-state index is 0.352. The normalized spacial score (nSPS) is 14.4. The molecule has 1 aliphatic heterocycles. The summed E-state index contributed by atoms with van der Waals surface area (Å²) in [7, 11) is 0. The van der Waals surface area contributed by atoms with Gasteiger partial charge in [-0.25, -0.2) is 0 Å². The Balaban J connectivity index is 1.81. The van der Waals surface area contributed by atoms with Crippen LogP contribution in [-0.4, -0.2) is 19.7 Å². The highest BCUT2D eigenvalue weighted by Gasteiger charge is 2.18. The minimum Gasteiger partial charge on any atom is -0.493 e. The molecule has 0 unspecified atom stereocenters. The Kier molecular flexibility index (Phi) is 5.09. The van der Waals surface area contributed by atoms with Crippen LogP contribution in [0.2, 0.25) is 0 Å². The zero-order valence-corrected chi connectivity index (χ0v) is 13.5. The molecule has 0 bridgehead atoms. The van der Waals surface area contributed by atoms with Crippen LogP contribution >= 0.6 is 0 Å². The van der Waals surface area contributed by atoms with Crippen LogP contribution in [0.4, 0.5) is 0 Å². The number of benzene rings is 1. The lowest BCUT2D eigenvalue weighted by Crippen LogP contribution is -2.32. The number of aryl methyl sites for hydroxylation is 1. The molecular formula is C18H29NO. The van der Waals surface area contributed by atoms with E-state index in [1.165, 1.54) is 17.5 Å². The van der Waals surface area contributed by atoms with Crippen molar-refractivity contribution in [2.45, 2.75) is 47.0 Å². The molecule has 1 aromatic rings. The van der Waals surface area contributed by atoms with E-state index in [-0.39, 0.29) is 0 Å². The Hall–Kier alpha value is -1.02. The van der Waals surface area contributed by atoms with Gasteiger partial charge < -0.3 is 10.1 Å². The first-order valence-corrected chi connectivity index (χ1v) is 7.92. The van der Waals surface area contributed by atoms with Gasteiger partial charge in [-0.15, -0.1) is 0 Å². The number of fused-ring (bicyclic) bond motifs is 1. The Bertz CT molecular complexity index is 437. The maximum atomic E-state index is 5.56. The second kappa shape index (κ2) is 6.62. The summed E-state index contributed by atoms with van der Waals surface area (Å²) >= 11 is 0. The average Bonchev–Trinajstić information content (AvgIpc) is 2.83. The van der Waals surface area contributed by atoms with E-state index in [1.807, 2.05) is 0 Å². The van der Waals surface area contributed by atoms with Crippen molar-refractivity contribution in [2.75, 3.05) is 19.7 Å². The van der Waals surface area contributed by atoms with E-state index in [0.717, 1.165) is 44.2 Å². The van der Waals surface area contributed by atoms with E-state index >= 15 is 0 Å². The van der Waals surface area contributed by atoms with Gasteiger partial charge in [0, 0.05) is 13.0 Å². The van der Waals surface area contributed by atoms with E-state index in [0.29, 0.717) is 5.41 Å². The van der Waals surface area contributed by atoms with E-state index in [9.17, 15) is 0 Å².